The number of sulfone groups is 1. The second-order valence-electron chi connectivity index (χ2n) is 4.39. The summed E-state index contributed by atoms with van der Waals surface area (Å²) in [6.45, 7) is 1.29. The maximum Gasteiger partial charge on any atom is 0.273 e. The minimum absolute atomic E-state index is 0.121. The van der Waals surface area contributed by atoms with Crippen molar-refractivity contribution >= 4 is 21.3 Å². The molecule has 1 aromatic rings. The number of Topliss-reactive ketones (excluding diaryl/α,β-unsaturated/α-hetero) is 1. The molecule has 0 aliphatic heterocycles. The van der Waals surface area contributed by atoms with Crippen molar-refractivity contribution in [3.05, 3.63) is 39.9 Å². The van der Waals surface area contributed by atoms with Gasteiger partial charge in [-0.05, 0) is 14.0 Å². The van der Waals surface area contributed by atoms with E-state index >= 15 is 0 Å². The van der Waals surface area contributed by atoms with E-state index in [1.807, 2.05) is 0 Å². The summed E-state index contributed by atoms with van der Waals surface area (Å²) in [6, 6.07) is 4.87. The molecule has 0 amide bonds. The van der Waals surface area contributed by atoms with Crippen LogP contribution in [0.25, 0.3) is 0 Å². The Hall–Kier alpha value is -1.80. The molecular formula is C12H16N2O5S. The smallest absolute Gasteiger partial charge is 0.273 e. The van der Waals surface area contributed by atoms with Crippen LogP contribution in [0.1, 0.15) is 12.5 Å². The van der Waals surface area contributed by atoms with E-state index in [9.17, 15) is 23.3 Å². The number of carbonyl (C=O) groups excluding carboxylic acids is 1. The molecule has 0 fully saturated rings. The van der Waals surface area contributed by atoms with Crippen molar-refractivity contribution < 1.29 is 18.1 Å². The minimum atomic E-state index is -3.63. The van der Waals surface area contributed by atoms with Crippen molar-refractivity contribution in [1.29, 1.82) is 0 Å². The quantitative estimate of drug-likeness (QED) is 0.586. The van der Waals surface area contributed by atoms with Crippen LogP contribution >= 0.6 is 0 Å². The molecule has 110 valence electrons. The number of nitro groups is 1. The highest BCUT2D eigenvalue weighted by molar-refractivity contribution is 7.90. The maximum atomic E-state index is 12.0. The van der Waals surface area contributed by atoms with Gasteiger partial charge in [-0.2, -0.15) is 0 Å². The fourth-order valence-corrected chi connectivity index (χ4v) is 3.51. The number of para-hydroxylation sites is 1. The maximum absolute atomic E-state index is 12.0. The van der Waals surface area contributed by atoms with E-state index < -0.39 is 26.6 Å². The normalized spacial score (nSPS) is 12.9. The topological polar surface area (TPSA) is 106 Å². The van der Waals surface area contributed by atoms with Crippen molar-refractivity contribution in [3.63, 3.8) is 0 Å². The Morgan fingerprint density at radius 1 is 1.40 bits per heavy atom. The number of nitro benzene ring substituents is 1. The number of benzene rings is 1. The number of hydrogen-bond donors (Lipinski definition) is 1. The van der Waals surface area contributed by atoms with Gasteiger partial charge in [0.25, 0.3) is 5.69 Å². The van der Waals surface area contributed by atoms with Crippen molar-refractivity contribution in [2.24, 2.45) is 0 Å². The summed E-state index contributed by atoms with van der Waals surface area (Å²) >= 11 is 0. The van der Waals surface area contributed by atoms with Crippen LogP contribution in [0.2, 0.25) is 0 Å². The second-order valence-corrected chi connectivity index (χ2v) is 6.50. The molecule has 0 heterocycles. The van der Waals surface area contributed by atoms with E-state index in [4.69, 9.17) is 0 Å². The predicted octanol–water partition coefficient (Wildman–Crippen LogP) is 0.687. The SMILES string of the molecule is CNC(CS(=O)(=O)Cc1ccccc1[N+](=O)[O-])C(C)=O. The first kappa shape index (κ1) is 16.3. The van der Waals surface area contributed by atoms with Gasteiger partial charge in [0.15, 0.2) is 9.84 Å². The van der Waals surface area contributed by atoms with Gasteiger partial charge in [0.05, 0.1) is 22.5 Å². The van der Waals surface area contributed by atoms with Crippen molar-refractivity contribution in [3.8, 4) is 0 Å². The fraction of sp³-hybridized carbons (Fsp3) is 0.417. The van der Waals surface area contributed by atoms with E-state index in [2.05, 4.69) is 5.32 Å². The van der Waals surface area contributed by atoms with Crippen LogP contribution in [0, 0.1) is 10.1 Å². The molecule has 0 saturated heterocycles. The van der Waals surface area contributed by atoms with Gasteiger partial charge in [0.2, 0.25) is 0 Å². The summed E-state index contributed by atoms with van der Waals surface area (Å²) in [5.74, 6) is -1.14. The van der Waals surface area contributed by atoms with Gasteiger partial charge in [-0.25, -0.2) is 8.42 Å². The van der Waals surface area contributed by atoms with Crippen LogP contribution in [-0.2, 0) is 20.4 Å². The molecule has 0 aliphatic carbocycles. The number of nitrogens with one attached hydrogen (secondary N) is 1. The zero-order chi connectivity index (χ0) is 15.3. The number of rotatable bonds is 7. The van der Waals surface area contributed by atoms with E-state index in [0.29, 0.717) is 0 Å². The number of nitrogens with zero attached hydrogens (tertiary/aromatic N) is 1. The zero-order valence-corrected chi connectivity index (χ0v) is 12.0. The third kappa shape index (κ3) is 4.39. The lowest BCUT2D eigenvalue weighted by molar-refractivity contribution is -0.385. The summed E-state index contributed by atoms with van der Waals surface area (Å²) in [7, 11) is -2.14. The molecular weight excluding hydrogens is 284 g/mol. The Balaban J connectivity index is 2.97. The van der Waals surface area contributed by atoms with Gasteiger partial charge in [-0.3, -0.25) is 14.9 Å². The predicted molar refractivity (Wildman–Crippen MR) is 74.1 cm³/mol. The molecule has 8 heteroatoms. The van der Waals surface area contributed by atoms with Gasteiger partial charge in [-0.15, -0.1) is 0 Å². The van der Waals surface area contributed by atoms with Gasteiger partial charge < -0.3 is 5.32 Å². The molecule has 0 saturated carbocycles. The molecule has 1 N–H and O–H groups in total. The number of likely N-dealkylation sites (N-methyl/N-ethyl adjacent to an activating group) is 1. The largest absolute Gasteiger partial charge is 0.310 e. The van der Waals surface area contributed by atoms with Gasteiger partial charge in [-0.1, -0.05) is 18.2 Å². The number of ketones is 1. The van der Waals surface area contributed by atoms with Crippen LogP contribution in [-0.4, -0.2) is 38.0 Å². The first-order chi connectivity index (χ1) is 9.26. The standard InChI is InChI=1S/C12H16N2O5S/c1-9(15)11(13-2)8-20(18,19)7-10-5-3-4-6-12(10)14(16)17/h3-6,11,13H,7-8H2,1-2H3. The summed E-state index contributed by atoms with van der Waals surface area (Å²) in [6.07, 6.45) is 0. The lowest BCUT2D eigenvalue weighted by Gasteiger charge is -2.13. The van der Waals surface area contributed by atoms with Gasteiger partial charge in [0.1, 0.15) is 5.78 Å². The first-order valence-corrected chi connectivity index (χ1v) is 7.69. The van der Waals surface area contributed by atoms with E-state index in [1.165, 1.54) is 32.2 Å². The van der Waals surface area contributed by atoms with Crippen molar-refractivity contribution in [2.75, 3.05) is 12.8 Å². The number of hydrogen-bond acceptors (Lipinski definition) is 6. The Bertz CT molecular complexity index is 612. The monoisotopic (exact) mass is 300 g/mol. The molecule has 0 aliphatic rings. The third-order valence-electron chi connectivity index (χ3n) is 2.82. The molecule has 20 heavy (non-hydrogen) atoms. The van der Waals surface area contributed by atoms with Gasteiger partial charge in [0, 0.05) is 11.6 Å². The zero-order valence-electron chi connectivity index (χ0n) is 11.2. The van der Waals surface area contributed by atoms with Crippen LogP contribution < -0.4 is 5.32 Å². The lowest BCUT2D eigenvalue weighted by atomic mass is 10.2. The highest BCUT2D eigenvalue weighted by Crippen LogP contribution is 2.20. The highest BCUT2D eigenvalue weighted by atomic mass is 32.2. The van der Waals surface area contributed by atoms with Crippen LogP contribution in [0.3, 0.4) is 0 Å². The molecule has 1 atom stereocenters. The molecule has 7 nitrogen and oxygen atoms in total. The van der Waals surface area contributed by atoms with Crippen molar-refractivity contribution in [1.82, 2.24) is 5.32 Å². The Morgan fingerprint density at radius 3 is 2.50 bits per heavy atom. The molecule has 0 spiro atoms. The molecule has 0 aromatic heterocycles. The molecule has 0 bridgehead atoms. The second kappa shape index (κ2) is 6.58. The summed E-state index contributed by atoms with van der Waals surface area (Å²) in [5.41, 5.74) is -0.115. The van der Waals surface area contributed by atoms with Crippen LogP contribution in [0.5, 0.6) is 0 Å². The Kier molecular flexibility index (Phi) is 5.34. The molecule has 0 radical (unpaired) electrons. The average molecular weight is 300 g/mol. The highest BCUT2D eigenvalue weighted by Gasteiger charge is 2.24. The summed E-state index contributed by atoms with van der Waals surface area (Å²) < 4.78 is 24.1. The third-order valence-corrected chi connectivity index (χ3v) is 4.42. The molecule has 1 aromatic carbocycles. The first-order valence-electron chi connectivity index (χ1n) is 5.87. The van der Waals surface area contributed by atoms with E-state index in [-0.39, 0.29) is 22.8 Å². The lowest BCUT2D eigenvalue weighted by Crippen LogP contribution is -2.39. The van der Waals surface area contributed by atoms with Crippen LogP contribution in [0.15, 0.2) is 24.3 Å². The van der Waals surface area contributed by atoms with Crippen LogP contribution in [0.4, 0.5) is 5.69 Å². The fourth-order valence-electron chi connectivity index (χ4n) is 1.76. The average Bonchev–Trinajstić information content (AvgIpc) is 2.35. The Morgan fingerprint density at radius 2 is 2.00 bits per heavy atom. The van der Waals surface area contributed by atoms with Crippen molar-refractivity contribution in [2.45, 2.75) is 18.7 Å². The summed E-state index contributed by atoms with van der Waals surface area (Å²) in [4.78, 5) is 21.5. The van der Waals surface area contributed by atoms with E-state index in [1.54, 1.807) is 6.07 Å². The minimum Gasteiger partial charge on any atom is -0.310 e. The Labute approximate surface area is 117 Å². The number of carbonyl (C=O) groups is 1. The van der Waals surface area contributed by atoms with E-state index in [0.717, 1.165) is 0 Å². The molecule has 1 unspecified atom stereocenters. The van der Waals surface area contributed by atoms with Gasteiger partial charge >= 0.3 is 0 Å². The summed E-state index contributed by atoms with van der Waals surface area (Å²) in [5, 5.41) is 13.5. The molecule has 1 rings (SSSR count).